The number of aromatic amines is 1. The van der Waals surface area contributed by atoms with Crippen molar-refractivity contribution < 1.29 is 14.6 Å². The number of phenolic OH excluding ortho intramolecular Hbond substituents is 1. The second kappa shape index (κ2) is 9.18. The van der Waals surface area contributed by atoms with Gasteiger partial charge in [0.15, 0.2) is 22.4 Å². The monoisotopic (exact) mass is 441 g/mol. The topological polar surface area (TPSA) is 104 Å². The maximum atomic E-state index is 13.2. The summed E-state index contributed by atoms with van der Waals surface area (Å²) in [5, 5.41) is 14.0. The molecule has 0 amide bonds. The summed E-state index contributed by atoms with van der Waals surface area (Å²) in [7, 11) is 0. The quantitative estimate of drug-likeness (QED) is 0.334. The maximum Gasteiger partial charge on any atom is 0.257 e. The molecule has 2 aromatic rings. The molecule has 3 N–H and O–H groups in total. The van der Waals surface area contributed by atoms with Gasteiger partial charge in [-0.05, 0) is 43.9 Å². The first-order valence-electron chi connectivity index (χ1n) is 10.8. The standard InChI is InChI=1S/C23H27N3O4S/c1-3-5-11-31-23-25-21-20(22(29)26-23)18(19-14(24-21)7-6-8-16(19)28)13-9-10-15(27)17(12-13)30-4-2/h9-10,12,18,27H,3-8,11H2,1-2H3,(H2,24,25,26,29). The van der Waals surface area contributed by atoms with Crippen molar-refractivity contribution in [1.82, 2.24) is 9.97 Å². The zero-order valence-corrected chi connectivity index (χ0v) is 18.6. The minimum atomic E-state index is -0.551. The molecule has 0 saturated carbocycles. The van der Waals surface area contributed by atoms with Crippen LogP contribution in [0.5, 0.6) is 11.5 Å². The Morgan fingerprint density at radius 3 is 2.87 bits per heavy atom. The molecule has 7 nitrogen and oxygen atoms in total. The van der Waals surface area contributed by atoms with E-state index in [4.69, 9.17) is 4.74 Å². The molecule has 0 saturated heterocycles. The first kappa shape index (κ1) is 21.5. The lowest BCUT2D eigenvalue weighted by Crippen LogP contribution is -2.32. The van der Waals surface area contributed by atoms with Crippen LogP contribution in [0.2, 0.25) is 0 Å². The van der Waals surface area contributed by atoms with E-state index in [1.165, 1.54) is 11.8 Å². The Balaban J connectivity index is 1.85. The van der Waals surface area contributed by atoms with Crippen LogP contribution in [0.4, 0.5) is 5.82 Å². The second-order valence-corrected chi connectivity index (χ2v) is 8.81. The summed E-state index contributed by atoms with van der Waals surface area (Å²) in [5.41, 5.74) is 2.36. The molecule has 1 aliphatic carbocycles. The minimum Gasteiger partial charge on any atom is -0.504 e. The third-order valence-corrected chi connectivity index (χ3v) is 6.55. The summed E-state index contributed by atoms with van der Waals surface area (Å²) in [4.78, 5) is 33.7. The van der Waals surface area contributed by atoms with Gasteiger partial charge in [-0.15, -0.1) is 0 Å². The molecule has 1 aliphatic heterocycles. The normalized spacial score (nSPS) is 17.7. The molecule has 1 unspecified atom stereocenters. The van der Waals surface area contributed by atoms with Crippen molar-refractivity contribution >= 4 is 23.4 Å². The van der Waals surface area contributed by atoms with Crippen molar-refractivity contribution in [2.45, 2.75) is 57.0 Å². The van der Waals surface area contributed by atoms with Gasteiger partial charge in [0.2, 0.25) is 0 Å². The van der Waals surface area contributed by atoms with E-state index < -0.39 is 5.92 Å². The molecule has 1 atom stereocenters. The molecule has 0 radical (unpaired) electrons. The summed E-state index contributed by atoms with van der Waals surface area (Å²) in [5.74, 6) is 1.23. The number of aromatic nitrogens is 2. The van der Waals surface area contributed by atoms with Crippen LogP contribution in [-0.2, 0) is 4.79 Å². The smallest absolute Gasteiger partial charge is 0.257 e. The lowest BCUT2D eigenvalue weighted by molar-refractivity contribution is -0.116. The van der Waals surface area contributed by atoms with Crippen LogP contribution in [0.15, 0.2) is 39.4 Å². The number of fused-ring (bicyclic) bond motifs is 1. The lowest BCUT2D eigenvalue weighted by atomic mass is 9.76. The van der Waals surface area contributed by atoms with Crippen LogP contribution >= 0.6 is 11.8 Å². The van der Waals surface area contributed by atoms with Gasteiger partial charge >= 0.3 is 0 Å². The first-order valence-corrected chi connectivity index (χ1v) is 11.8. The van der Waals surface area contributed by atoms with Gasteiger partial charge in [0.05, 0.1) is 12.2 Å². The van der Waals surface area contributed by atoms with E-state index in [1.54, 1.807) is 18.2 Å². The Kier molecular flexibility index (Phi) is 6.36. The number of thioether (sulfide) groups is 1. The summed E-state index contributed by atoms with van der Waals surface area (Å²) in [6, 6.07) is 5.01. The third-order valence-electron chi connectivity index (χ3n) is 5.59. The summed E-state index contributed by atoms with van der Waals surface area (Å²) < 4.78 is 5.55. The highest BCUT2D eigenvalue weighted by Gasteiger charge is 2.38. The van der Waals surface area contributed by atoms with Gasteiger partial charge in [-0.3, -0.25) is 9.59 Å². The average molecular weight is 442 g/mol. The van der Waals surface area contributed by atoms with Crippen LogP contribution in [0.1, 0.15) is 63.0 Å². The number of phenols is 1. The number of allylic oxidation sites excluding steroid dienone is 2. The molecule has 4 rings (SSSR count). The molecule has 2 aliphatic rings. The number of hydrogen-bond acceptors (Lipinski definition) is 7. The predicted molar refractivity (Wildman–Crippen MR) is 121 cm³/mol. The molecule has 31 heavy (non-hydrogen) atoms. The zero-order chi connectivity index (χ0) is 22.0. The van der Waals surface area contributed by atoms with Crippen LogP contribution in [0.25, 0.3) is 0 Å². The van der Waals surface area contributed by atoms with E-state index in [-0.39, 0.29) is 17.1 Å². The fourth-order valence-electron chi connectivity index (χ4n) is 4.14. The van der Waals surface area contributed by atoms with Crippen LogP contribution < -0.4 is 15.6 Å². The summed E-state index contributed by atoms with van der Waals surface area (Å²) in [6.45, 7) is 4.36. The van der Waals surface area contributed by atoms with E-state index >= 15 is 0 Å². The maximum absolute atomic E-state index is 13.2. The highest BCUT2D eigenvalue weighted by atomic mass is 32.2. The number of rotatable bonds is 7. The first-order chi connectivity index (χ1) is 15.0. The van der Waals surface area contributed by atoms with Gasteiger partial charge in [-0.25, -0.2) is 4.98 Å². The van der Waals surface area contributed by atoms with Gasteiger partial charge in [0.25, 0.3) is 5.56 Å². The van der Waals surface area contributed by atoms with E-state index in [0.717, 1.165) is 42.7 Å². The fraction of sp³-hybridized carbons (Fsp3) is 0.435. The number of carbonyl (C=O) groups is 1. The Morgan fingerprint density at radius 1 is 1.26 bits per heavy atom. The number of H-pyrrole nitrogens is 1. The van der Waals surface area contributed by atoms with Gasteiger partial charge in [-0.2, -0.15) is 0 Å². The lowest BCUT2D eigenvalue weighted by Gasteiger charge is -2.33. The molecule has 164 valence electrons. The molecular formula is C23H27N3O4S. The number of ketones is 1. The minimum absolute atomic E-state index is 0.0265. The molecule has 1 aromatic carbocycles. The summed E-state index contributed by atoms with van der Waals surface area (Å²) >= 11 is 1.53. The number of nitrogens with one attached hydrogen (secondary N) is 2. The average Bonchev–Trinajstić information content (AvgIpc) is 2.74. The number of aromatic hydroxyl groups is 1. The highest BCUT2D eigenvalue weighted by Crippen LogP contribution is 2.45. The van der Waals surface area contributed by atoms with Crippen molar-refractivity contribution in [3.8, 4) is 11.5 Å². The van der Waals surface area contributed by atoms with Gasteiger partial charge in [-0.1, -0.05) is 31.2 Å². The van der Waals surface area contributed by atoms with E-state index in [0.29, 0.717) is 40.9 Å². The summed E-state index contributed by atoms with van der Waals surface area (Å²) in [6.07, 6.45) is 4.08. The van der Waals surface area contributed by atoms with Gasteiger partial charge in [0.1, 0.15) is 5.82 Å². The largest absolute Gasteiger partial charge is 0.504 e. The Bertz CT molecular complexity index is 1090. The molecule has 1 aromatic heterocycles. The van der Waals surface area contributed by atoms with Gasteiger partial charge in [0, 0.05) is 29.4 Å². The van der Waals surface area contributed by atoms with Crippen molar-refractivity contribution in [2.75, 3.05) is 17.7 Å². The number of anilines is 1. The van der Waals surface area contributed by atoms with Crippen LogP contribution in [-0.4, -0.2) is 33.2 Å². The van der Waals surface area contributed by atoms with Crippen molar-refractivity contribution in [3.63, 3.8) is 0 Å². The van der Waals surface area contributed by atoms with Crippen LogP contribution in [0.3, 0.4) is 0 Å². The van der Waals surface area contributed by atoms with Crippen molar-refractivity contribution in [3.05, 3.63) is 50.9 Å². The number of hydrogen-bond donors (Lipinski definition) is 3. The SMILES string of the molecule is CCCCSc1nc2c(c(=O)[nH]1)C(c1ccc(O)c(OCC)c1)C1=C(CCCC1=O)N2. The van der Waals surface area contributed by atoms with Crippen LogP contribution in [0, 0.1) is 0 Å². The molecule has 0 fully saturated rings. The van der Waals surface area contributed by atoms with E-state index in [9.17, 15) is 14.7 Å². The molecule has 2 heterocycles. The Morgan fingerprint density at radius 2 is 2.10 bits per heavy atom. The molecule has 8 heteroatoms. The van der Waals surface area contributed by atoms with E-state index in [2.05, 4.69) is 22.2 Å². The Hall–Kier alpha value is -2.74. The molecule has 0 bridgehead atoms. The van der Waals surface area contributed by atoms with E-state index in [1.807, 2.05) is 6.92 Å². The number of carbonyl (C=O) groups excluding carboxylic acids is 1. The second-order valence-electron chi connectivity index (χ2n) is 7.72. The fourth-order valence-corrected chi connectivity index (χ4v) is 5.08. The molecule has 0 spiro atoms. The number of benzene rings is 1. The number of unbranched alkanes of at least 4 members (excludes halogenated alkanes) is 1. The Labute approximate surface area is 185 Å². The van der Waals surface area contributed by atoms with Crippen molar-refractivity contribution in [2.24, 2.45) is 0 Å². The number of nitrogens with zero attached hydrogens (tertiary/aromatic N) is 1. The van der Waals surface area contributed by atoms with Gasteiger partial charge < -0.3 is 20.1 Å². The molecular weight excluding hydrogens is 414 g/mol. The highest BCUT2D eigenvalue weighted by molar-refractivity contribution is 7.99. The number of Topliss-reactive ketones (excluding diaryl/α,β-unsaturated/α-hetero) is 1. The number of ether oxygens (including phenoxy) is 1. The predicted octanol–water partition coefficient (Wildman–Crippen LogP) is 4.33. The third kappa shape index (κ3) is 4.21. The van der Waals surface area contributed by atoms with Crippen molar-refractivity contribution in [1.29, 1.82) is 0 Å². The zero-order valence-electron chi connectivity index (χ0n) is 17.8.